The third kappa shape index (κ3) is 3.78. The number of urea groups is 1. The summed E-state index contributed by atoms with van der Waals surface area (Å²) in [5, 5.41) is 20.4. The van der Waals surface area contributed by atoms with Crippen molar-refractivity contribution >= 4 is 17.6 Å². The Morgan fingerprint density at radius 2 is 2.18 bits per heavy atom. The highest BCUT2D eigenvalue weighted by molar-refractivity contribution is 5.93. The molecule has 22 heavy (non-hydrogen) atoms. The van der Waals surface area contributed by atoms with Crippen molar-refractivity contribution in [3.8, 4) is 0 Å². The zero-order chi connectivity index (χ0) is 16.1. The molecule has 1 aromatic carbocycles. The molecular formula is C13H15N5O4. The fourth-order valence-corrected chi connectivity index (χ4v) is 1.85. The van der Waals surface area contributed by atoms with E-state index in [2.05, 4.69) is 15.9 Å². The molecule has 2 aromatic rings. The second kappa shape index (κ2) is 6.66. The lowest BCUT2D eigenvalue weighted by molar-refractivity contribution is -0.782. The normalized spacial score (nSPS) is 11.7. The van der Waals surface area contributed by atoms with Crippen molar-refractivity contribution in [1.82, 2.24) is 10.6 Å². The lowest BCUT2D eigenvalue weighted by atomic mass is 10.1. The van der Waals surface area contributed by atoms with Gasteiger partial charge in [-0.1, -0.05) is 19.2 Å². The van der Waals surface area contributed by atoms with Crippen LogP contribution in [0.4, 0.5) is 16.4 Å². The molecule has 0 fully saturated rings. The topological polar surface area (TPSA) is 116 Å². The van der Waals surface area contributed by atoms with Crippen LogP contribution in [-0.2, 0) is 6.42 Å². The van der Waals surface area contributed by atoms with Crippen molar-refractivity contribution in [2.45, 2.75) is 19.4 Å². The molecule has 0 saturated carbocycles. The zero-order valence-corrected chi connectivity index (χ0v) is 12.1. The Kier molecular flexibility index (Phi) is 4.66. The summed E-state index contributed by atoms with van der Waals surface area (Å²) in [6, 6.07) is 5.74. The fraction of sp³-hybridized carbons (Fsp3) is 0.308. The SMILES string of the molecule is CNC(=O)[N-]c1c[n+](C(C)Cc2ccc([N+](=O)[O-])cc2)no1. The lowest BCUT2D eigenvalue weighted by Gasteiger charge is -2.05. The summed E-state index contributed by atoms with van der Waals surface area (Å²) in [4.78, 5) is 21.3. The number of hydrogen-bond donors (Lipinski definition) is 1. The lowest BCUT2D eigenvalue weighted by Crippen LogP contribution is -2.39. The predicted octanol–water partition coefficient (Wildman–Crippen LogP) is 2.02. The summed E-state index contributed by atoms with van der Waals surface area (Å²) >= 11 is 0. The van der Waals surface area contributed by atoms with Gasteiger partial charge in [0.05, 0.1) is 4.92 Å². The molecule has 1 unspecified atom stereocenters. The van der Waals surface area contributed by atoms with Gasteiger partial charge >= 0.3 is 0 Å². The Morgan fingerprint density at radius 3 is 2.77 bits per heavy atom. The number of nitrogens with one attached hydrogen (secondary N) is 1. The first-order valence-corrected chi connectivity index (χ1v) is 6.54. The molecule has 0 radical (unpaired) electrons. The smallest absolute Gasteiger partial charge is 0.269 e. The highest BCUT2D eigenvalue weighted by Gasteiger charge is 2.19. The molecule has 0 aliphatic carbocycles. The van der Waals surface area contributed by atoms with Gasteiger partial charge in [-0.2, -0.15) is 0 Å². The van der Waals surface area contributed by atoms with Crippen molar-refractivity contribution in [2.24, 2.45) is 0 Å². The van der Waals surface area contributed by atoms with E-state index in [0.29, 0.717) is 6.42 Å². The van der Waals surface area contributed by atoms with Gasteiger partial charge in [0.2, 0.25) is 12.1 Å². The molecule has 0 spiro atoms. The van der Waals surface area contributed by atoms with Crippen LogP contribution in [-0.4, -0.2) is 23.3 Å². The van der Waals surface area contributed by atoms with E-state index in [1.54, 1.807) is 16.8 Å². The summed E-state index contributed by atoms with van der Waals surface area (Å²) in [6.45, 7) is 1.91. The highest BCUT2D eigenvalue weighted by atomic mass is 16.6. The van der Waals surface area contributed by atoms with Gasteiger partial charge in [-0.25, -0.2) is 0 Å². The summed E-state index contributed by atoms with van der Waals surface area (Å²) in [5.41, 5.74) is 0.982. The number of aromatic nitrogens is 2. The molecule has 0 bridgehead atoms. The summed E-state index contributed by atoms with van der Waals surface area (Å²) in [5.74, 6) is 0.106. The van der Waals surface area contributed by atoms with Crippen molar-refractivity contribution in [3.05, 3.63) is 51.5 Å². The Bertz CT molecular complexity index is 667. The minimum atomic E-state index is -0.522. The predicted molar refractivity (Wildman–Crippen MR) is 75.7 cm³/mol. The van der Waals surface area contributed by atoms with Gasteiger partial charge in [-0.05, 0) is 10.2 Å². The van der Waals surface area contributed by atoms with Gasteiger partial charge < -0.3 is 15.2 Å². The fourth-order valence-electron chi connectivity index (χ4n) is 1.85. The molecule has 2 amide bonds. The molecule has 1 heterocycles. The summed E-state index contributed by atoms with van der Waals surface area (Å²) < 4.78 is 6.49. The molecule has 0 saturated heterocycles. The number of carbonyl (C=O) groups is 1. The molecule has 9 nitrogen and oxygen atoms in total. The van der Waals surface area contributed by atoms with Gasteiger partial charge in [-0.15, -0.1) is 0 Å². The van der Waals surface area contributed by atoms with Gasteiger partial charge in [0.15, 0.2) is 17.3 Å². The van der Waals surface area contributed by atoms with E-state index < -0.39 is 11.0 Å². The van der Waals surface area contributed by atoms with Gasteiger partial charge in [0.25, 0.3) is 5.69 Å². The minimum Gasteiger partial charge on any atom is -0.452 e. The van der Waals surface area contributed by atoms with Crippen LogP contribution in [0.5, 0.6) is 0 Å². The maximum absolute atomic E-state index is 11.1. The number of non-ortho nitro benzene ring substituents is 1. The van der Waals surface area contributed by atoms with E-state index in [9.17, 15) is 14.9 Å². The molecule has 0 aliphatic heterocycles. The van der Waals surface area contributed by atoms with E-state index in [-0.39, 0.29) is 17.6 Å². The number of hydrogen-bond acceptors (Lipinski definition) is 5. The number of nitrogens with zero attached hydrogens (tertiary/aromatic N) is 4. The largest absolute Gasteiger partial charge is 0.452 e. The first-order valence-electron chi connectivity index (χ1n) is 6.54. The Labute approximate surface area is 126 Å². The number of carbonyl (C=O) groups excluding carboxylic acids is 1. The average molecular weight is 305 g/mol. The number of rotatable bonds is 5. The van der Waals surface area contributed by atoms with Crippen LogP contribution in [0, 0.1) is 10.1 Å². The minimum absolute atomic E-state index is 0.0529. The van der Waals surface area contributed by atoms with Crippen molar-refractivity contribution in [2.75, 3.05) is 7.05 Å². The Morgan fingerprint density at radius 1 is 1.50 bits per heavy atom. The first-order chi connectivity index (χ1) is 10.5. The van der Waals surface area contributed by atoms with Crippen LogP contribution in [0.15, 0.2) is 35.0 Å². The van der Waals surface area contributed by atoms with Crippen molar-refractivity contribution < 1.29 is 18.9 Å². The first kappa shape index (κ1) is 15.4. The van der Waals surface area contributed by atoms with Gasteiger partial charge in [0, 0.05) is 25.5 Å². The maximum atomic E-state index is 11.1. The molecule has 1 N–H and O–H groups in total. The van der Waals surface area contributed by atoms with E-state index in [4.69, 9.17) is 4.52 Å². The van der Waals surface area contributed by atoms with Crippen LogP contribution in [0.25, 0.3) is 5.32 Å². The van der Waals surface area contributed by atoms with Crippen LogP contribution in [0.3, 0.4) is 0 Å². The second-order valence-corrected chi connectivity index (χ2v) is 4.66. The molecule has 116 valence electrons. The van der Waals surface area contributed by atoms with Gasteiger partial charge in [0.1, 0.15) is 0 Å². The average Bonchev–Trinajstić information content (AvgIpc) is 2.96. The quantitative estimate of drug-likeness (QED) is 0.515. The summed E-state index contributed by atoms with van der Waals surface area (Å²) in [6.07, 6.45) is 2.12. The molecule has 1 atom stereocenters. The Hall–Kier alpha value is -2.97. The third-order valence-electron chi connectivity index (χ3n) is 3.03. The van der Waals surface area contributed by atoms with Gasteiger partial charge in [-0.3, -0.25) is 14.9 Å². The molecule has 2 rings (SSSR count). The van der Waals surface area contributed by atoms with E-state index in [1.807, 2.05) is 6.92 Å². The maximum Gasteiger partial charge on any atom is 0.269 e. The molecule has 0 aliphatic rings. The standard InChI is InChI=1S/C13H15N5O4/c1-9(7-10-3-5-11(6-4-10)18(20)21)17-8-12(22-16-17)15-13(19)14-2/h3-6,8-9H,7H2,1-2H3,(H-,14,15,16,19). The van der Waals surface area contributed by atoms with Crippen LogP contribution in [0.2, 0.25) is 0 Å². The monoisotopic (exact) mass is 305 g/mol. The van der Waals surface area contributed by atoms with E-state index in [1.165, 1.54) is 25.4 Å². The number of nitro benzene ring substituents is 1. The van der Waals surface area contributed by atoms with E-state index in [0.717, 1.165) is 5.56 Å². The van der Waals surface area contributed by atoms with Crippen molar-refractivity contribution in [1.29, 1.82) is 0 Å². The van der Waals surface area contributed by atoms with Crippen LogP contribution >= 0.6 is 0 Å². The summed E-state index contributed by atoms with van der Waals surface area (Å²) in [7, 11) is 1.47. The highest BCUT2D eigenvalue weighted by Crippen LogP contribution is 2.17. The van der Waals surface area contributed by atoms with Crippen molar-refractivity contribution in [3.63, 3.8) is 0 Å². The molecular weight excluding hydrogens is 290 g/mol. The number of amides is 2. The Balaban J connectivity index is 2.01. The molecule has 1 aromatic heterocycles. The number of nitro groups is 1. The van der Waals surface area contributed by atoms with Crippen LogP contribution in [0.1, 0.15) is 18.5 Å². The van der Waals surface area contributed by atoms with Crippen LogP contribution < -0.4 is 10.00 Å². The molecule has 9 heteroatoms. The second-order valence-electron chi connectivity index (χ2n) is 4.66. The zero-order valence-electron chi connectivity index (χ0n) is 12.1. The number of benzene rings is 1. The van der Waals surface area contributed by atoms with E-state index >= 15 is 0 Å². The third-order valence-corrected chi connectivity index (χ3v) is 3.03.